The van der Waals surface area contributed by atoms with Crippen molar-refractivity contribution in [2.45, 2.75) is 33.1 Å². The summed E-state index contributed by atoms with van der Waals surface area (Å²) in [6, 6.07) is 17.4. The maximum Gasteiger partial charge on any atom is 0.305 e. The largest absolute Gasteiger partial charge is 0.493 e. The second-order valence-electron chi connectivity index (χ2n) is 8.30. The normalized spacial score (nSPS) is 14.4. The van der Waals surface area contributed by atoms with Crippen molar-refractivity contribution in [2.75, 3.05) is 19.8 Å². The Morgan fingerprint density at radius 3 is 2.65 bits per heavy atom. The summed E-state index contributed by atoms with van der Waals surface area (Å²) in [6.07, 6.45) is 3.21. The summed E-state index contributed by atoms with van der Waals surface area (Å²) in [5, 5.41) is 0. The Balaban J connectivity index is 1.28. The van der Waals surface area contributed by atoms with Gasteiger partial charge in [-0.2, -0.15) is 0 Å². The van der Waals surface area contributed by atoms with Gasteiger partial charge in [0.1, 0.15) is 15.8 Å². The van der Waals surface area contributed by atoms with E-state index in [4.69, 9.17) is 26.1 Å². The van der Waals surface area contributed by atoms with E-state index < -0.39 is 0 Å². The van der Waals surface area contributed by atoms with E-state index in [0.29, 0.717) is 47.7 Å². The zero-order valence-electron chi connectivity index (χ0n) is 20.8. The number of hydrogen-bond donors (Lipinski definition) is 0. The molecule has 0 radical (unpaired) electrons. The van der Waals surface area contributed by atoms with E-state index in [1.165, 1.54) is 16.7 Å². The lowest BCUT2D eigenvalue weighted by molar-refractivity contribution is -0.143. The number of thioether (sulfide) groups is 1. The summed E-state index contributed by atoms with van der Waals surface area (Å²) in [4.78, 5) is 31.0. The molecule has 37 heavy (non-hydrogen) atoms. The van der Waals surface area contributed by atoms with Gasteiger partial charge < -0.3 is 13.9 Å². The van der Waals surface area contributed by atoms with Crippen molar-refractivity contribution in [2.24, 2.45) is 0 Å². The molecule has 2 aromatic carbocycles. The Hall–Kier alpha value is -3.43. The summed E-state index contributed by atoms with van der Waals surface area (Å²) >= 11 is 6.64. The lowest BCUT2D eigenvalue weighted by Crippen LogP contribution is -2.29. The lowest BCUT2D eigenvalue weighted by Gasteiger charge is -2.13. The molecule has 2 heterocycles. The Kier molecular flexibility index (Phi) is 9.14. The first kappa shape index (κ1) is 26.6. The van der Waals surface area contributed by atoms with Crippen LogP contribution >= 0.6 is 24.0 Å². The van der Waals surface area contributed by atoms with Crippen LogP contribution in [0.4, 0.5) is 0 Å². The molecule has 4 rings (SSSR count). The SMILES string of the molecule is CCOC(=O)CCCN1C(=O)/C(=C/c2ccc(OCCc3nc(-c4ccccc4)oc3C)cc2)SC1=S. The molecule has 0 saturated carbocycles. The highest BCUT2D eigenvalue weighted by Gasteiger charge is 2.31. The third-order valence-electron chi connectivity index (χ3n) is 5.64. The molecule has 1 fully saturated rings. The van der Waals surface area contributed by atoms with Crippen LogP contribution in [0.25, 0.3) is 17.5 Å². The van der Waals surface area contributed by atoms with Crippen LogP contribution in [-0.2, 0) is 20.7 Å². The second-order valence-corrected chi connectivity index (χ2v) is 9.97. The van der Waals surface area contributed by atoms with E-state index in [1.807, 2.05) is 67.6 Å². The Morgan fingerprint density at radius 2 is 1.92 bits per heavy atom. The highest BCUT2D eigenvalue weighted by molar-refractivity contribution is 8.26. The summed E-state index contributed by atoms with van der Waals surface area (Å²) in [6.45, 7) is 4.89. The molecule has 0 atom stereocenters. The van der Waals surface area contributed by atoms with Gasteiger partial charge in [-0.1, -0.05) is 54.3 Å². The highest BCUT2D eigenvalue weighted by atomic mass is 32.2. The fraction of sp³-hybridized carbons (Fsp3) is 0.286. The molecule has 0 bridgehead atoms. The van der Waals surface area contributed by atoms with Gasteiger partial charge in [0.15, 0.2) is 0 Å². The summed E-state index contributed by atoms with van der Waals surface area (Å²) in [5.41, 5.74) is 2.70. The fourth-order valence-electron chi connectivity index (χ4n) is 3.75. The van der Waals surface area contributed by atoms with Crippen LogP contribution in [0.5, 0.6) is 5.75 Å². The Labute approximate surface area is 225 Å². The van der Waals surface area contributed by atoms with Crippen molar-refractivity contribution >= 4 is 46.3 Å². The van der Waals surface area contributed by atoms with Gasteiger partial charge in [0.25, 0.3) is 5.91 Å². The van der Waals surface area contributed by atoms with E-state index in [-0.39, 0.29) is 18.3 Å². The minimum Gasteiger partial charge on any atom is -0.493 e. The monoisotopic (exact) mass is 536 g/mol. The number of hydrogen-bond acceptors (Lipinski definition) is 8. The van der Waals surface area contributed by atoms with E-state index >= 15 is 0 Å². The van der Waals surface area contributed by atoms with Crippen LogP contribution in [0.15, 0.2) is 63.9 Å². The molecule has 0 N–H and O–H groups in total. The van der Waals surface area contributed by atoms with Crippen molar-refractivity contribution in [3.63, 3.8) is 0 Å². The Morgan fingerprint density at radius 1 is 1.16 bits per heavy atom. The van der Waals surface area contributed by atoms with Crippen LogP contribution in [0.3, 0.4) is 0 Å². The maximum atomic E-state index is 12.8. The third-order valence-corrected chi connectivity index (χ3v) is 7.02. The molecule has 1 aliphatic heterocycles. The van der Waals surface area contributed by atoms with Gasteiger partial charge in [0, 0.05) is 24.9 Å². The molecule has 1 aromatic heterocycles. The number of esters is 1. The van der Waals surface area contributed by atoms with Crippen molar-refractivity contribution in [3.8, 4) is 17.2 Å². The quantitative estimate of drug-likeness (QED) is 0.172. The molecular weight excluding hydrogens is 508 g/mol. The predicted molar refractivity (Wildman–Crippen MR) is 148 cm³/mol. The van der Waals surface area contributed by atoms with Gasteiger partial charge in [-0.3, -0.25) is 14.5 Å². The first-order chi connectivity index (χ1) is 17.9. The van der Waals surface area contributed by atoms with Crippen LogP contribution < -0.4 is 4.74 Å². The van der Waals surface area contributed by atoms with Crippen LogP contribution in [0, 0.1) is 6.92 Å². The number of rotatable bonds is 11. The minimum absolute atomic E-state index is 0.142. The van der Waals surface area contributed by atoms with Crippen molar-refractivity contribution < 1.29 is 23.5 Å². The molecule has 1 amide bonds. The third kappa shape index (κ3) is 7.08. The van der Waals surface area contributed by atoms with Crippen molar-refractivity contribution in [1.29, 1.82) is 0 Å². The predicted octanol–water partition coefficient (Wildman–Crippen LogP) is 5.82. The van der Waals surface area contributed by atoms with Crippen molar-refractivity contribution in [1.82, 2.24) is 9.88 Å². The number of nitrogens with zero attached hydrogens (tertiary/aromatic N) is 2. The molecule has 0 unspecified atom stereocenters. The Bertz CT molecular complexity index is 1290. The maximum absolute atomic E-state index is 12.8. The molecule has 0 aliphatic carbocycles. The summed E-state index contributed by atoms with van der Waals surface area (Å²) in [5.74, 6) is 1.72. The molecule has 7 nitrogen and oxygen atoms in total. The standard InChI is InChI=1S/C28H28N2O5S2/c1-3-33-25(31)10-7-16-30-27(32)24(37-28(30)36)18-20-11-13-22(14-12-20)34-17-15-23-19(2)35-26(29-23)21-8-5-4-6-9-21/h4-6,8-9,11-14,18H,3,7,10,15-17H2,1-2H3/b24-18-. The zero-order chi connectivity index (χ0) is 26.2. The second kappa shape index (κ2) is 12.7. The van der Waals surface area contributed by atoms with E-state index in [1.54, 1.807) is 6.92 Å². The number of aryl methyl sites for hydroxylation is 1. The van der Waals surface area contributed by atoms with E-state index in [2.05, 4.69) is 4.98 Å². The van der Waals surface area contributed by atoms with Crippen LogP contribution in [0.2, 0.25) is 0 Å². The average Bonchev–Trinajstić information content (AvgIpc) is 3.39. The van der Waals surface area contributed by atoms with Gasteiger partial charge in [-0.05, 0) is 56.2 Å². The zero-order valence-corrected chi connectivity index (χ0v) is 22.4. The van der Waals surface area contributed by atoms with Gasteiger partial charge >= 0.3 is 5.97 Å². The first-order valence-electron chi connectivity index (χ1n) is 12.1. The summed E-state index contributed by atoms with van der Waals surface area (Å²) in [7, 11) is 0. The van der Waals surface area contributed by atoms with Gasteiger partial charge in [-0.25, -0.2) is 4.98 Å². The first-order valence-corrected chi connectivity index (χ1v) is 13.3. The molecule has 3 aromatic rings. The number of oxazole rings is 1. The smallest absolute Gasteiger partial charge is 0.305 e. The van der Waals surface area contributed by atoms with Crippen LogP contribution in [-0.4, -0.2) is 45.8 Å². The molecule has 0 spiro atoms. The van der Waals surface area contributed by atoms with Gasteiger partial charge in [0.05, 0.1) is 23.8 Å². The van der Waals surface area contributed by atoms with Gasteiger partial charge in [0.2, 0.25) is 5.89 Å². The average molecular weight is 537 g/mol. The topological polar surface area (TPSA) is 81.9 Å². The number of thiocarbonyl (C=S) groups is 1. The molecular formula is C28H28N2O5S2. The van der Waals surface area contributed by atoms with Gasteiger partial charge in [-0.15, -0.1) is 0 Å². The lowest BCUT2D eigenvalue weighted by atomic mass is 10.2. The van der Waals surface area contributed by atoms with E-state index in [9.17, 15) is 9.59 Å². The number of aromatic nitrogens is 1. The fourth-order valence-corrected chi connectivity index (χ4v) is 5.06. The van der Waals surface area contributed by atoms with Crippen LogP contribution in [0.1, 0.15) is 36.8 Å². The number of carbonyl (C=O) groups is 2. The molecule has 1 saturated heterocycles. The number of amides is 1. The highest BCUT2D eigenvalue weighted by Crippen LogP contribution is 2.33. The minimum atomic E-state index is -0.265. The van der Waals surface area contributed by atoms with Crippen molar-refractivity contribution in [3.05, 3.63) is 76.5 Å². The summed E-state index contributed by atoms with van der Waals surface area (Å²) < 4.78 is 17.1. The number of carbonyl (C=O) groups excluding carboxylic acids is 2. The van der Waals surface area contributed by atoms with E-state index in [0.717, 1.165) is 28.3 Å². The molecule has 9 heteroatoms. The molecule has 192 valence electrons. The molecule has 1 aliphatic rings. The number of benzene rings is 2. The number of ether oxygens (including phenoxy) is 2.